The lowest BCUT2D eigenvalue weighted by Crippen LogP contribution is -2.35. The van der Waals surface area contributed by atoms with Gasteiger partial charge in [-0.2, -0.15) is 0 Å². The fraction of sp³-hybridized carbons (Fsp3) is 0.480. The second-order valence-electron chi connectivity index (χ2n) is 8.57. The van der Waals surface area contributed by atoms with Gasteiger partial charge in [-0.05, 0) is 41.9 Å². The van der Waals surface area contributed by atoms with Crippen LogP contribution < -0.4 is 0 Å². The molecule has 5 rings (SSSR count). The maximum Gasteiger partial charge on any atom is 0.199 e. The van der Waals surface area contributed by atoms with Gasteiger partial charge in [0.15, 0.2) is 5.90 Å². The standard InChI is InChI=1S/C25H29NO/c1-3-9-19(10-4-1)17-22-18-27-24(26-22)25(21-12-5-2-6-13-21)16-15-20-11-7-8-14-23(20)25/h2,5-8,11-14,19,22H,1,3-4,9-10,15-18H2/t22-,25-/m0/s1. The van der Waals surface area contributed by atoms with Crippen LogP contribution in [-0.4, -0.2) is 18.5 Å². The van der Waals surface area contributed by atoms with Crippen molar-refractivity contribution < 1.29 is 4.74 Å². The van der Waals surface area contributed by atoms with E-state index < -0.39 is 0 Å². The van der Waals surface area contributed by atoms with Crippen molar-refractivity contribution in [2.75, 3.05) is 6.61 Å². The van der Waals surface area contributed by atoms with Crippen molar-refractivity contribution in [1.29, 1.82) is 0 Å². The summed E-state index contributed by atoms with van der Waals surface area (Å²) in [6.45, 7) is 0.766. The molecule has 140 valence electrons. The second-order valence-corrected chi connectivity index (χ2v) is 8.57. The highest BCUT2D eigenvalue weighted by Crippen LogP contribution is 2.47. The monoisotopic (exact) mass is 359 g/mol. The first kappa shape index (κ1) is 17.0. The van der Waals surface area contributed by atoms with E-state index in [-0.39, 0.29) is 5.41 Å². The number of hydrogen-bond donors (Lipinski definition) is 0. The Labute approximate surface area is 162 Å². The van der Waals surface area contributed by atoms with Crippen LogP contribution in [0.4, 0.5) is 0 Å². The van der Waals surface area contributed by atoms with Crippen LogP contribution in [0.2, 0.25) is 0 Å². The van der Waals surface area contributed by atoms with Crippen LogP contribution in [0.5, 0.6) is 0 Å². The topological polar surface area (TPSA) is 21.6 Å². The van der Waals surface area contributed by atoms with Crippen molar-refractivity contribution in [3.8, 4) is 0 Å². The highest BCUT2D eigenvalue weighted by atomic mass is 16.5. The minimum absolute atomic E-state index is 0.195. The van der Waals surface area contributed by atoms with E-state index >= 15 is 0 Å². The smallest absolute Gasteiger partial charge is 0.199 e. The minimum atomic E-state index is -0.195. The molecule has 0 saturated heterocycles. The summed E-state index contributed by atoms with van der Waals surface area (Å²) >= 11 is 0. The van der Waals surface area contributed by atoms with E-state index in [9.17, 15) is 0 Å². The van der Waals surface area contributed by atoms with E-state index in [2.05, 4.69) is 54.6 Å². The van der Waals surface area contributed by atoms with Gasteiger partial charge >= 0.3 is 0 Å². The van der Waals surface area contributed by atoms with Gasteiger partial charge in [0.1, 0.15) is 6.61 Å². The number of nitrogens with zero attached hydrogens (tertiary/aromatic N) is 1. The van der Waals surface area contributed by atoms with Gasteiger partial charge in [0, 0.05) is 0 Å². The molecule has 1 aliphatic heterocycles. The van der Waals surface area contributed by atoms with Crippen LogP contribution >= 0.6 is 0 Å². The molecule has 1 heterocycles. The summed E-state index contributed by atoms with van der Waals surface area (Å²) in [6.07, 6.45) is 10.3. The van der Waals surface area contributed by atoms with Crippen LogP contribution in [0.1, 0.15) is 61.6 Å². The number of aryl methyl sites for hydroxylation is 1. The summed E-state index contributed by atoms with van der Waals surface area (Å²) in [5, 5.41) is 0. The SMILES string of the molecule is c1ccc([C@@]2(C3=N[C@@H](CC4CCCCC4)CO3)CCc3ccccc32)cc1. The lowest BCUT2D eigenvalue weighted by molar-refractivity contribution is 0.258. The first-order valence-electron chi connectivity index (χ1n) is 10.7. The van der Waals surface area contributed by atoms with Crippen molar-refractivity contribution in [2.24, 2.45) is 10.9 Å². The molecule has 27 heavy (non-hydrogen) atoms. The highest BCUT2D eigenvalue weighted by Gasteiger charge is 2.48. The summed E-state index contributed by atoms with van der Waals surface area (Å²) < 4.78 is 6.36. The highest BCUT2D eigenvalue weighted by molar-refractivity contribution is 5.94. The van der Waals surface area contributed by atoms with E-state index in [0.717, 1.165) is 31.3 Å². The number of ether oxygens (including phenoxy) is 1. The number of rotatable bonds is 4. The van der Waals surface area contributed by atoms with Crippen molar-refractivity contribution in [2.45, 2.75) is 62.8 Å². The third-order valence-electron chi connectivity index (χ3n) is 6.92. The molecular weight excluding hydrogens is 330 g/mol. The van der Waals surface area contributed by atoms with Gasteiger partial charge in [-0.25, -0.2) is 4.99 Å². The maximum atomic E-state index is 6.36. The second kappa shape index (κ2) is 7.14. The molecule has 2 atom stereocenters. The minimum Gasteiger partial charge on any atom is -0.478 e. The molecule has 0 spiro atoms. The van der Waals surface area contributed by atoms with Gasteiger partial charge in [-0.3, -0.25) is 0 Å². The Morgan fingerprint density at radius 3 is 2.56 bits per heavy atom. The molecule has 2 heteroatoms. The van der Waals surface area contributed by atoms with Crippen LogP contribution in [0, 0.1) is 5.92 Å². The molecular formula is C25H29NO. The third-order valence-corrected chi connectivity index (χ3v) is 6.92. The molecule has 3 aliphatic rings. The fourth-order valence-corrected chi connectivity index (χ4v) is 5.56. The number of fused-ring (bicyclic) bond motifs is 1. The van der Waals surface area contributed by atoms with E-state index in [4.69, 9.17) is 9.73 Å². The molecule has 2 aromatic carbocycles. The van der Waals surface area contributed by atoms with Crippen LogP contribution in [0.3, 0.4) is 0 Å². The quantitative estimate of drug-likeness (QED) is 0.687. The molecule has 0 bridgehead atoms. The number of aliphatic imine (C=N–C) groups is 1. The first-order valence-corrected chi connectivity index (χ1v) is 10.7. The maximum absolute atomic E-state index is 6.36. The van der Waals surface area contributed by atoms with Crippen LogP contribution in [0.15, 0.2) is 59.6 Å². The Hall–Kier alpha value is -2.09. The van der Waals surface area contributed by atoms with E-state index in [1.165, 1.54) is 55.2 Å². The average Bonchev–Trinajstić information content (AvgIpc) is 3.35. The molecule has 0 amide bonds. The molecule has 0 unspecified atom stereocenters. The molecule has 2 aliphatic carbocycles. The summed E-state index contributed by atoms with van der Waals surface area (Å²) in [6, 6.07) is 20.1. The third kappa shape index (κ3) is 2.99. The zero-order chi connectivity index (χ0) is 18.1. The van der Waals surface area contributed by atoms with Gasteiger partial charge in [-0.15, -0.1) is 0 Å². The average molecular weight is 360 g/mol. The van der Waals surface area contributed by atoms with Gasteiger partial charge in [-0.1, -0.05) is 86.7 Å². The number of hydrogen-bond acceptors (Lipinski definition) is 2. The molecule has 1 saturated carbocycles. The van der Waals surface area contributed by atoms with Crippen LogP contribution in [-0.2, 0) is 16.6 Å². The van der Waals surface area contributed by atoms with Gasteiger partial charge in [0.05, 0.1) is 11.5 Å². The van der Waals surface area contributed by atoms with Crippen molar-refractivity contribution in [3.63, 3.8) is 0 Å². The lowest BCUT2D eigenvalue weighted by atomic mass is 9.75. The molecule has 2 aromatic rings. The van der Waals surface area contributed by atoms with Crippen molar-refractivity contribution in [3.05, 3.63) is 71.3 Å². The first-order chi connectivity index (χ1) is 13.4. The Morgan fingerprint density at radius 2 is 1.70 bits per heavy atom. The molecule has 0 N–H and O–H groups in total. The zero-order valence-electron chi connectivity index (χ0n) is 16.1. The summed E-state index contributed by atoms with van der Waals surface area (Å²) in [7, 11) is 0. The Morgan fingerprint density at radius 1 is 0.926 bits per heavy atom. The van der Waals surface area contributed by atoms with E-state index in [0.29, 0.717) is 6.04 Å². The van der Waals surface area contributed by atoms with E-state index in [1.807, 2.05) is 0 Å². The normalized spacial score (nSPS) is 27.9. The molecule has 2 nitrogen and oxygen atoms in total. The fourth-order valence-electron chi connectivity index (χ4n) is 5.56. The molecule has 1 fully saturated rings. The predicted molar refractivity (Wildman–Crippen MR) is 110 cm³/mol. The largest absolute Gasteiger partial charge is 0.478 e. The Kier molecular flexibility index (Phi) is 4.51. The van der Waals surface area contributed by atoms with Gasteiger partial charge in [0.25, 0.3) is 0 Å². The Bertz CT molecular complexity index is 821. The van der Waals surface area contributed by atoms with Gasteiger partial charge < -0.3 is 4.74 Å². The van der Waals surface area contributed by atoms with E-state index in [1.54, 1.807) is 0 Å². The molecule has 0 radical (unpaired) electrons. The molecule has 0 aromatic heterocycles. The predicted octanol–water partition coefficient (Wildman–Crippen LogP) is 5.69. The Balaban J connectivity index is 1.50. The number of benzene rings is 2. The summed E-state index contributed by atoms with van der Waals surface area (Å²) in [4.78, 5) is 5.21. The van der Waals surface area contributed by atoms with Crippen LogP contribution in [0.25, 0.3) is 0 Å². The van der Waals surface area contributed by atoms with Crippen molar-refractivity contribution >= 4 is 5.90 Å². The summed E-state index contributed by atoms with van der Waals surface area (Å²) in [5.74, 6) is 1.82. The van der Waals surface area contributed by atoms with Gasteiger partial charge in [0.2, 0.25) is 0 Å². The van der Waals surface area contributed by atoms with Crippen molar-refractivity contribution in [1.82, 2.24) is 0 Å². The summed E-state index contributed by atoms with van der Waals surface area (Å²) in [5.41, 5.74) is 3.97. The lowest BCUT2D eigenvalue weighted by Gasteiger charge is -2.30. The zero-order valence-corrected chi connectivity index (χ0v) is 16.1.